The highest BCUT2D eigenvalue weighted by molar-refractivity contribution is 5.67. The molecule has 0 aliphatic carbocycles. The van der Waals surface area contributed by atoms with Crippen molar-refractivity contribution in [3.63, 3.8) is 0 Å². The van der Waals surface area contributed by atoms with Crippen LogP contribution in [0.3, 0.4) is 0 Å². The van der Waals surface area contributed by atoms with Gasteiger partial charge in [0.25, 0.3) is 5.89 Å². The molecule has 96 valence electrons. The average Bonchev–Trinajstić information content (AvgIpc) is 2.86. The topological polar surface area (TPSA) is 69.4 Å². The van der Waals surface area contributed by atoms with Crippen LogP contribution >= 0.6 is 0 Å². The summed E-state index contributed by atoms with van der Waals surface area (Å²) in [5.41, 5.74) is 0.715. The van der Waals surface area contributed by atoms with E-state index in [2.05, 4.69) is 15.5 Å². The molecule has 0 saturated carbocycles. The van der Waals surface area contributed by atoms with Crippen molar-refractivity contribution in [2.45, 2.75) is 6.54 Å². The van der Waals surface area contributed by atoms with Gasteiger partial charge in [-0.3, -0.25) is 0 Å². The highest BCUT2D eigenvalue weighted by atomic mass is 16.5. The van der Waals surface area contributed by atoms with E-state index in [1.807, 2.05) is 25.2 Å². The van der Waals surface area contributed by atoms with Crippen LogP contribution in [0.15, 0.2) is 22.7 Å². The normalized spacial score (nSPS) is 10.4. The second-order valence-corrected chi connectivity index (χ2v) is 3.59. The molecule has 2 rings (SSSR count). The fourth-order valence-electron chi connectivity index (χ4n) is 1.65. The lowest BCUT2D eigenvalue weighted by atomic mass is 10.2. The van der Waals surface area contributed by atoms with Gasteiger partial charge in [0.05, 0.1) is 26.3 Å². The summed E-state index contributed by atoms with van der Waals surface area (Å²) in [6.07, 6.45) is 0. The first-order valence-electron chi connectivity index (χ1n) is 5.48. The highest BCUT2D eigenvalue weighted by Gasteiger charge is 2.16. The van der Waals surface area contributed by atoms with Gasteiger partial charge in [0.1, 0.15) is 0 Å². The van der Waals surface area contributed by atoms with Gasteiger partial charge in [0, 0.05) is 0 Å². The van der Waals surface area contributed by atoms with Crippen LogP contribution in [0.25, 0.3) is 11.5 Å². The van der Waals surface area contributed by atoms with E-state index < -0.39 is 0 Å². The molecule has 2 aromatic rings. The maximum absolute atomic E-state index is 5.32. The van der Waals surface area contributed by atoms with Crippen LogP contribution in [0.1, 0.15) is 5.82 Å². The second kappa shape index (κ2) is 5.50. The minimum Gasteiger partial charge on any atom is -0.493 e. The predicted molar refractivity (Wildman–Crippen MR) is 65.6 cm³/mol. The first-order valence-corrected chi connectivity index (χ1v) is 5.48. The van der Waals surface area contributed by atoms with Gasteiger partial charge in [-0.2, -0.15) is 4.98 Å². The number of ether oxygens (including phenoxy) is 2. The van der Waals surface area contributed by atoms with E-state index in [1.54, 1.807) is 14.2 Å². The zero-order valence-corrected chi connectivity index (χ0v) is 10.6. The molecule has 1 heterocycles. The molecule has 0 radical (unpaired) electrons. The van der Waals surface area contributed by atoms with Crippen LogP contribution in [-0.4, -0.2) is 31.4 Å². The number of aromatic nitrogens is 2. The van der Waals surface area contributed by atoms with Gasteiger partial charge in [-0.25, -0.2) is 0 Å². The smallest absolute Gasteiger partial charge is 0.261 e. The molecule has 0 aliphatic heterocycles. The summed E-state index contributed by atoms with van der Waals surface area (Å²) in [6.45, 7) is 0.551. The fraction of sp³-hybridized carbons (Fsp3) is 0.333. The van der Waals surface area contributed by atoms with Crippen LogP contribution in [0.5, 0.6) is 11.5 Å². The maximum atomic E-state index is 5.32. The summed E-state index contributed by atoms with van der Waals surface area (Å²) >= 11 is 0. The molecular formula is C12H15N3O3. The molecule has 0 bridgehead atoms. The van der Waals surface area contributed by atoms with Crippen LogP contribution < -0.4 is 14.8 Å². The van der Waals surface area contributed by atoms with Crippen molar-refractivity contribution in [1.29, 1.82) is 0 Å². The summed E-state index contributed by atoms with van der Waals surface area (Å²) in [4.78, 5) is 4.28. The van der Waals surface area contributed by atoms with Crippen molar-refractivity contribution >= 4 is 0 Å². The molecule has 0 amide bonds. The quantitative estimate of drug-likeness (QED) is 0.865. The second-order valence-electron chi connectivity index (χ2n) is 3.59. The van der Waals surface area contributed by atoms with Crippen molar-refractivity contribution in [2.24, 2.45) is 0 Å². The third-order valence-electron chi connectivity index (χ3n) is 2.44. The third kappa shape index (κ3) is 2.28. The van der Waals surface area contributed by atoms with Crippen LogP contribution in [0.2, 0.25) is 0 Å². The Balaban J connectivity index is 2.42. The lowest BCUT2D eigenvalue weighted by molar-refractivity contribution is 0.353. The van der Waals surface area contributed by atoms with Crippen LogP contribution in [-0.2, 0) is 6.54 Å². The highest BCUT2D eigenvalue weighted by Crippen LogP contribution is 2.36. The van der Waals surface area contributed by atoms with E-state index >= 15 is 0 Å². The van der Waals surface area contributed by atoms with Crippen molar-refractivity contribution < 1.29 is 14.0 Å². The molecule has 0 fully saturated rings. The van der Waals surface area contributed by atoms with Gasteiger partial charge >= 0.3 is 0 Å². The monoisotopic (exact) mass is 249 g/mol. The van der Waals surface area contributed by atoms with E-state index in [-0.39, 0.29) is 0 Å². The number of benzene rings is 1. The Morgan fingerprint density at radius 3 is 2.78 bits per heavy atom. The summed E-state index contributed by atoms with van der Waals surface area (Å²) in [7, 11) is 4.98. The van der Waals surface area contributed by atoms with Gasteiger partial charge in [0.2, 0.25) is 0 Å². The standard InChI is InChI=1S/C12H15N3O3/c1-13-7-10-14-12(18-15-10)8-5-4-6-9(16-2)11(8)17-3/h4-6,13H,7H2,1-3H3. The average molecular weight is 249 g/mol. The molecule has 0 atom stereocenters. The number of hydrogen-bond acceptors (Lipinski definition) is 6. The van der Waals surface area contributed by atoms with Crippen molar-refractivity contribution in [3.8, 4) is 23.0 Å². The summed E-state index contributed by atoms with van der Waals surface area (Å²) in [6, 6.07) is 5.50. The summed E-state index contributed by atoms with van der Waals surface area (Å²) < 4.78 is 15.8. The molecular weight excluding hydrogens is 234 g/mol. The van der Waals surface area contributed by atoms with Crippen LogP contribution in [0, 0.1) is 0 Å². The van der Waals surface area contributed by atoms with Gasteiger partial charge in [-0.1, -0.05) is 11.2 Å². The van der Waals surface area contributed by atoms with Gasteiger partial charge < -0.3 is 19.3 Å². The Morgan fingerprint density at radius 2 is 2.11 bits per heavy atom. The molecule has 1 N–H and O–H groups in total. The van der Waals surface area contributed by atoms with Crippen molar-refractivity contribution in [1.82, 2.24) is 15.5 Å². The lowest BCUT2D eigenvalue weighted by Gasteiger charge is -2.09. The molecule has 18 heavy (non-hydrogen) atoms. The van der Waals surface area contributed by atoms with Gasteiger partial charge in [0.15, 0.2) is 17.3 Å². The van der Waals surface area contributed by atoms with Gasteiger partial charge in [-0.15, -0.1) is 0 Å². The molecule has 0 saturated heterocycles. The first kappa shape index (κ1) is 12.4. The van der Waals surface area contributed by atoms with Crippen molar-refractivity contribution in [3.05, 3.63) is 24.0 Å². The number of para-hydroxylation sites is 1. The fourth-order valence-corrected chi connectivity index (χ4v) is 1.65. The lowest BCUT2D eigenvalue weighted by Crippen LogP contribution is -2.06. The summed E-state index contributed by atoms with van der Waals surface area (Å²) in [5.74, 6) is 2.22. The largest absolute Gasteiger partial charge is 0.493 e. The predicted octanol–water partition coefficient (Wildman–Crippen LogP) is 1.47. The molecule has 6 nitrogen and oxygen atoms in total. The van der Waals surface area contributed by atoms with E-state index in [0.29, 0.717) is 35.3 Å². The Labute approximate surface area is 105 Å². The Bertz CT molecular complexity index is 525. The molecule has 0 unspecified atom stereocenters. The van der Waals surface area contributed by atoms with E-state index in [4.69, 9.17) is 14.0 Å². The van der Waals surface area contributed by atoms with E-state index in [1.165, 1.54) is 0 Å². The number of nitrogens with one attached hydrogen (secondary N) is 1. The molecule has 1 aromatic carbocycles. The Kier molecular flexibility index (Phi) is 3.78. The number of nitrogens with zero attached hydrogens (tertiary/aromatic N) is 2. The minimum atomic E-state index is 0.413. The van der Waals surface area contributed by atoms with Crippen molar-refractivity contribution in [2.75, 3.05) is 21.3 Å². The van der Waals surface area contributed by atoms with E-state index in [9.17, 15) is 0 Å². The van der Waals surface area contributed by atoms with Crippen LogP contribution in [0.4, 0.5) is 0 Å². The van der Waals surface area contributed by atoms with E-state index in [0.717, 1.165) is 0 Å². The summed E-state index contributed by atoms with van der Waals surface area (Å²) in [5, 5.41) is 6.83. The number of rotatable bonds is 5. The first-order chi connectivity index (χ1) is 8.80. The molecule has 0 spiro atoms. The Hall–Kier alpha value is -2.08. The molecule has 6 heteroatoms. The zero-order chi connectivity index (χ0) is 13.0. The zero-order valence-electron chi connectivity index (χ0n) is 10.6. The number of hydrogen-bond donors (Lipinski definition) is 1. The minimum absolute atomic E-state index is 0.413. The SMILES string of the molecule is CNCc1noc(-c2cccc(OC)c2OC)n1. The Morgan fingerprint density at radius 1 is 1.28 bits per heavy atom. The number of methoxy groups -OCH3 is 2. The van der Waals surface area contributed by atoms with Gasteiger partial charge in [-0.05, 0) is 19.2 Å². The molecule has 0 aliphatic rings. The molecule has 1 aromatic heterocycles. The third-order valence-corrected chi connectivity index (χ3v) is 2.44. The maximum Gasteiger partial charge on any atom is 0.261 e.